The first-order chi connectivity index (χ1) is 44.8. The van der Waals surface area contributed by atoms with Gasteiger partial charge < -0.3 is 24.8 Å². The maximum Gasteiger partial charge on any atom is -0.172 e. The fourth-order valence-corrected chi connectivity index (χ4v) is 25.0. The Hall–Kier alpha value is -8.24. The normalized spacial score (nSPS) is 11.7. The van der Waals surface area contributed by atoms with Crippen molar-refractivity contribution in [2.45, 2.75) is 71.6 Å². The van der Waals surface area contributed by atoms with Gasteiger partial charge in [-0.15, -0.1) is 28.8 Å². The molecule has 94 heavy (non-hydrogen) atoms. The van der Waals surface area contributed by atoms with Gasteiger partial charge in [-0.3, -0.25) is 0 Å². The topological polar surface area (TPSA) is 0 Å². The van der Waals surface area contributed by atoms with E-state index in [9.17, 15) is 0 Å². The SMILES string of the molecule is CC(C)(C)c1cc2c([c-]c1-c1ccccc1[Si](c1ccccc1)(c1ccccc1)c1ccccc1)Cc1cc(-c3ccccc3[Si](c3ccccc3)(c3ccccc3)c3ccccc3)c(C(C)(C)C)cc1-2.[Cl-].[Cl-].[Zr+2]=[C](Cc1ccccc1)Cc1ccccc1.c1cc[cH-]c1. The van der Waals surface area contributed by atoms with E-state index in [2.05, 4.69) is 357 Å². The van der Waals surface area contributed by atoms with Crippen molar-refractivity contribution in [2.24, 2.45) is 0 Å². The Labute approximate surface area is 589 Å². The van der Waals surface area contributed by atoms with E-state index in [0.29, 0.717) is 0 Å². The zero-order chi connectivity index (χ0) is 63.6. The molecule has 0 bridgehead atoms. The van der Waals surface area contributed by atoms with Crippen LogP contribution in [-0.2, 0) is 54.3 Å². The van der Waals surface area contributed by atoms with E-state index < -0.39 is 16.1 Å². The van der Waals surface area contributed by atoms with Gasteiger partial charge in [-0.05, 0) is 75.8 Å². The molecule has 1 aliphatic rings. The molecule has 0 aliphatic heterocycles. The maximum atomic E-state index is 4.28. The molecule has 0 unspecified atom stereocenters. The molecular weight excluding hydrogens is 1290 g/mol. The Morgan fingerprint density at radius 3 is 1.02 bits per heavy atom. The largest absolute Gasteiger partial charge is 0.214 e. The quantitative estimate of drug-likeness (QED) is 0.0578. The summed E-state index contributed by atoms with van der Waals surface area (Å²) in [5.41, 5.74) is 15.6. The van der Waals surface area contributed by atoms with E-state index in [-0.39, 0.29) is 35.6 Å². The summed E-state index contributed by atoms with van der Waals surface area (Å²) in [7, 11) is -5.75. The minimum atomic E-state index is -2.88. The molecule has 1 aliphatic carbocycles. The van der Waals surface area contributed by atoms with Crippen LogP contribution in [0.25, 0.3) is 33.4 Å². The minimum absolute atomic E-state index is 0. The Bertz CT molecular complexity index is 4040. The van der Waals surface area contributed by atoms with Gasteiger partial charge >= 0.3 is 112 Å². The van der Waals surface area contributed by atoms with Crippen molar-refractivity contribution in [1.82, 2.24) is 0 Å². The number of benzene rings is 12. The third kappa shape index (κ3) is 14.5. The van der Waals surface area contributed by atoms with Crippen LogP contribution in [-0.4, -0.2) is 19.4 Å². The molecule has 5 heteroatoms. The van der Waals surface area contributed by atoms with Gasteiger partial charge in [0.1, 0.15) is 0 Å². The van der Waals surface area contributed by atoms with Crippen molar-refractivity contribution in [3.63, 3.8) is 0 Å². The van der Waals surface area contributed by atoms with Crippen LogP contribution in [0.5, 0.6) is 0 Å². The fraction of sp³-hybridized carbons (Fsp3) is 0.124. The van der Waals surface area contributed by atoms with Crippen molar-refractivity contribution in [1.29, 1.82) is 0 Å². The predicted molar refractivity (Wildman–Crippen MR) is 396 cm³/mol. The molecule has 0 amide bonds. The van der Waals surface area contributed by atoms with Crippen LogP contribution < -0.4 is 66.3 Å². The molecule has 0 atom stereocenters. The fourth-order valence-electron chi connectivity index (χ4n) is 14.1. The molecule has 14 rings (SSSR count). The van der Waals surface area contributed by atoms with E-state index >= 15 is 0 Å². The molecular formula is C89H80Cl2Si2Zr-2. The van der Waals surface area contributed by atoms with Crippen LogP contribution in [0.4, 0.5) is 0 Å². The van der Waals surface area contributed by atoms with Crippen LogP contribution in [0.2, 0.25) is 0 Å². The molecule has 0 saturated heterocycles. The molecule has 0 aromatic heterocycles. The van der Waals surface area contributed by atoms with Gasteiger partial charge in [0.2, 0.25) is 0 Å². The average Bonchev–Trinajstić information content (AvgIpc) is 1.04. The molecule has 0 fully saturated rings. The van der Waals surface area contributed by atoms with Gasteiger partial charge in [-0.2, -0.15) is 18.2 Å². The third-order valence-electron chi connectivity index (χ3n) is 18.2. The summed E-state index contributed by atoms with van der Waals surface area (Å²) in [4.78, 5) is 0. The van der Waals surface area contributed by atoms with Crippen LogP contribution in [0, 0.1) is 6.07 Å². The van der Waals surface area contributed by atoms with Gasteiger partial charge in [0.05, 0.1) is 0 Å². The number of fused-ring (bicyclic) bond motifs is 3. The Kier molecular flexibility index (Phi) is 22.5. The second kappa shape index (κ2) is 30.9. The van der Waals surface area contributed by atoms with Crippen LogP contribution >= 0.6 is 0 Å². The van der Waals surface area contributed by atoms with Crippen LogP contribution in [0.1, 0.15) is 74.9 Å². The summed E-state index contributed by atoms with van der Waals surface area (Å²) >= 11 is 1.55. The van der Waals surface area contributed by atoms with E-state index in [1.165, 1.54) is 108 Å². The van der Waals surface area contributed by atoms with Gasteiger partial charge in [-0.1, -0.05) is 306 Å². The molecule has 0 heterocycles. The Balaban J connectivity index is 0.000000355. The number of hydrogen-bond donors (Lipinski definition) is 0. The van der Waals surface area contributed by atoms with E-state index in [1.54, 1.807) is 27.4 Å². The Morgan fingerprint density at radius 1 is 0.351 bits per heavy atom. The van der Waals surface area contributed by atoms with Crippen molar-refractivity contribution in [2.75, 3.05) is 0 Å². The zero-order valence-electron chi connectivity index (χ0n) is 54.7. The summed E-state index contributed by atoms with van der Waals surface area (Å²) in [6.07, 6.45) is 3.06. The zero-order valence-corrected chi connectivity index (χ0v) is 60.7. The summed E-state index contributed by atoms with van der Waals surface area (Å²) in [5.74, 6) is 0. The van der Waals surface area contributed by atoms with Gasteiger partial charge in [0.25, 0.3) is 0 Å². The van der Waals surface area contributed by atoms with Gasteiger partial charge in [0, 0.05) is 0 Å². The average molecular weight is 1370 g/mol. The van der Waals surface area contributed by atoms with E-state index in [4.69, 9.17) is 0 Å². The van der Waals surface area contributed by atoms with Crippen molar-refractivity contribution < 1.29 is 49.0 Å². The standard InChI is InChI=1S/C69H61Si2.C15H14.C5H5.2ClH.Zr/c1-68(2,3)64-48-60-50(46-62(64)58-41-25-27-43-66(58)70(52-29-13-7-14-30-52,53-31-15-8-16-32-53)54-33-17-9-18-34-54)45-51-47-63(65(49-61(51)60)69(4,5)6)59-42-26-28-44-67(59)71(55-35-19-10-20-36-55,56-37-21-11-22-38-56)57-39-23-12-24-40-57;1-3-8-14(9-4-1)12-7-13-15-10-5-2-6-11-15;1-2-4-5-3-1;;;/h7-44,46,48-49H,45H2,1-6H3;1-6,8-11H,12-13H2;1-5H;2*1H;/q-1;;-1;;;+2/p-2. The number of rotatable bonds is 14. The number of hydrogen-bond acceptors (Lipinski definition) is 0. The van der Waals surface area contributed by atoms with Gasteiger partial charge in [-0.25, -0.2) is 12.1 Å². The molecule has 13 aromatic carbocycles. The van der Waals surface area contributed by atoms with Crippen LogP contribution in [0.15, 0.2) is 340 Å². The smallest absolute Gasteiger partial charge is 0.172 e. The summed E-state index contributed by atoms with van der Waals surface area (Å²) in [6.45, 7) is 14.3. The second-order valence-electron chi connectivity index (χ2n) is 26.4. The molecule has 0 radical (unpaired) electrons. The first-order valence-electron chi connectivity index (χ1n) is 32.5. The molecule has 0 nitrogen and oxygen atoms in total. The number of halogens is 2. The Morgan fingerprint density at radius 2 is 0.670 bits per heavy atom. The second-order valence-corrected chi connectivity index (χ2v) is 35.6. The third-order valence-corrected chi connectivity index (χ3v) is 28.8. The molecule has 0 N–H and O–H groups in total. The van der Waals surface area contributed by atoms with Crippen molar-refractivity contribution in [3.05, 3.63) is 379 Å². The maximum absolute atomic E-state index is 4.28. The minimum Gasteiger partial charge on any atom is -0.214 e. The monoisotopic (exact) mass is 1360 g/mol. The van der Waals surface area contributed by atoms with Gasteiger partial charge in [0.15, 0.2) is 16.1 Å². The summed E-state index contributed by atoms with van der Waals surface area (Å²) in [5, 5.41) is 11.1. The first kappa shape index (κ1) is 68.6. The van der Waals surface area contributed by atoms with E-state index in [1.807, 2.05) is 30.3 Å². The summed E-state index contributed by atoms with van der Waals surface area (Å²) < 4.78 is 1.60. The van der Waals surface area contributed by atoms with Crippen molar-refractivity contribution in [3.8, 4) is 33.4 Å². The molecule has 464 valence electrons. The summed E-state index contributed by atoms with van der Waals surface area (Å²) in [6, 6.07) is 130. The van der Waals surface area contributed by atoms with Crippen molar-refractivity contribution >= 4 is 60.8 Å². The van der Waals surface area contributed by atoms with Crippen LogP contribution in [0.3, 0.4) is 0 Å². The molecule has 13 aromatic rings. The molecule has 0 spiro atoms. The molecule has 0 saturated carbocycles. The van der Waals surface area contributed by atoms with E-state index in [0.717, 1.165) is 19.3 Å². The first-order valence-corrected chi connectivity index (χ1v) is 37.7. The predicted octanol–water partition coefficient (Wildman–Crippen LogP) is 10.3.